The Morgan fingerprint density at radius 2 is 2.17 bits per heavy atom. The smallest absolute Gasteiger partial charge is 0.356 e. The summed E-state index contributed by atoms with van der Waals surface area (Å²) in [5.74, 6) is -0.675. The molecule has 0 radical (unpaired) electrons. The molecule has 2 N–H and O–H groups in total. The molecular weight excluding hydrogens is 345 g/mol. The van der Waals surface area contributed by atoms with Gasteiger partial charge in [-0.1, -0.05) is 6.07 Å². The van der Waals surface area contributed by atoms with Crippen LogP contribution < -0.4 is 5.32 Å². The third kappa shape index (κ3) is 2.76. The number of aromatic nitrogens is 2. The average molecular weight is 355 g/mol. The molecule has 0 spiro atoms. The van der Waals surface area contributed by atoms with Gasteiger partial charge >= 0.3 is 5.97 Å². The van der Waals surface area contributed by atoms with Crippen molar-refractivity contribution in [1.29, 1.82) is 0 Å². The standard InChI is InChI=1S/C12H10IN3O2/c1-7-8(13)3-2-4-9(7)15-11-6-14-5-10(16-11)12(17)18/h2-6H,1H3,(H,15,16)(H,17,18). The fourth-order valence-electron chi connectivity index (χ4n) is 1.41. The topological polar surface area (TPSA) is 75.1 Å². The van der Waals surface area contributed by atoms with E-state index in [0.717, 1.165) is 14.8 Å². The Hall–Kier alpha value is -1.70. The normalized spacial score (nSPS) is 10.1. The van der Waals surface area contributed by atoms with Gasteiger partial charge in [0.2, 0.25) is 0 Å². The summed E-state index contributed by atoms with van der Waals surface area (Å²) in [6, 6.07) is 5.83. The van der Waals surface area contributed by atoms with Gasteiger partial charge in [-0.05, 0) is 47.2 Å². The number of benzene rings is 1. The highest BCUT2D eigenvalue weighted by Gasteiger charge is 2.07. The summed E-state index contributed by atoms with van der Waals surface area (Å²) < 4.78 is 1.12. The first-order valence-electron chi connectivity index (χ1n) is 5.15. The number of rotatable bonds is 3. The summed E-state index contributed by atoms with van der Waals surface area (Å²) in [6.07, 6.45) is 2.71. The predicted molar refractivity (Wildman–Crippen MR) is 76.2 cm³/mol. The molecule has 0 unspecified atom stereocenters. The first-order chi connectivity index (χ1) is 8.58. The molecule has 2 rings (SSSR count). The van der Waals surface area contributed by atoms with Crippen molar-refractivity contribution in [3.8, 4) is 0 Å². The monoisotopic (exact) mass is 355 g/mol. The zero-order valence-electron chi connectivity index (χ0n) is 9.51. The van der Waals surface area contributed by atoms with E-state index in [1.807, 2.05) is 25.1 Å². The highest BCUT2D eigenvalue weighted by molar-refractivity contribution is 14.1. The second kappa shape index (κ2) is 5.30. The van der Waals surface area contributed by atoms with Gasteiger partial charge in [0.05, 0.1) is 12.4 Å². The zero-order chi connectivity index (χ0) is 13.1. The Morgan fingerprint density at radius 3 is 2.89 bits per heavy atom. The van der Waals surface area contributed by atoms with Crippen LogP contribution in [0, 0.1) is 10.5 Å². The number of carboxylic acids is 1. The van der Waals surface area contributed by atoms with Crippen LogP contribution in [0.4, 0.5) is 11.5 Å². The summed E-state index contributed by atoms with van der Waals surface area (Å²) in [6.45, 7) is 1.98. The maximum Gasteiger partial charge on any atom is 0.356 e. The Morgan fingerprint density at radius 1 is 1.39 bits per heavy atom. The number of nitrogens with zero attached hydrogens (tertiary/aromatic N) is 2. The van der Waals surface area contributed by atoms with Crippen LogP contribution >= 0.6 is 22.6 Å². The van der Waals surface area contributed by atoms with E-state index in [1.165, 1.54) is 12.4 Å². The van der Waals surface area contributed by atoms with Gasteiger partial charge in [0, 0.05) is 9.26 Å². The third-order valence-corrected chi connectivity index (χ3v) is 3.55. The lowest BCUT2D eigenvalue weighted by molar-refractivity contribution is 0.0690. The van der Waals surface area contributed by atoms with Gasteiger partial charge in [0.1, 0.15) is 5.82 Å². The van der Waals surface area contributed by atoms with E-state index in [1.54, 1.807) is 0 Å². The maximum absolute atomic E-state index is 10.8. The molecule has 1 aromatic carbocycles. The molecule has 6 heteroatoms. The van der Waals surface area contributed by atoms with E-state index in [4.69, 9.17) is 5.11 Å². The summed E-state index contributed by atoms with van der Waals surface area (Å²) in [4.78, 5) is 18.6. The lowest BCUT2D eigenvalue weighted by Crippen LogP contribution is -2.04. The van der Waals surface area contributed by atoms with Crippen molar-refractivity contribution >= 4 is 40.1 Å². The van der Waals surface area contributed by atoms with Crippen molar-refractivity contribution in [2.24, 2.45) is 0 Å². The molecule has 2 aromatic rings. The summed E-state index contributed by atoms with van der Waals surface area (Å²) in [5, 5.41) is 11.9. The van der Waals surface area contributed by atoms with Gasteiger partial charge in [0.15, 0.2) is 5.69 Å². The van der Waals surface area contributed by atoms with Crippen molar-refractivity contribution in [2.45, 2.75) is 6.92 Å². The minimum absolute atomic E-state index is 0.0803. The van der Waals surface area contributed by atoms with Gasteiger partial charge in [-0.3, -0.25) is 4.98 Å². The van der Waals surface area contributed by atoms with Crippen LogP contribution in [-0.2, 0) is 0 Å². The van der Waals surface area contributed by atoms with E-state index in [2.05, 4.69) is 37.9 Å². The van der Waals surface area contributed by atoms with Crippen LogP contribution in [0.15, 0.2) is 30.6 Å². The second-order valence-electron chi connectivity index (χ2n) is 3.63. The van der Waals surface area contributed by atoms with Crippen LogP contribution in [0.1, 0.15) is 16.1 Å². The molecule has 0 bridgehead atoms. The molecule has 0 saturated heterocycles. The van der Waals surface area contributed by atoms with Crippen molar-refractivity contribution in [3.63, 3.8) is 0 Å². The van der Waals surface area contributed by atoms with Crippen LogP contribution in [0.5, 0.6) is 0 Å². The SMILES string of the molecule is Cc1c(I)cccc1Nc1cncc(C(=O)O)n1. The number of hydrogen-bond donors (Lipinski definition) is 2. The van der Waals surface area contributed by atoms with Crippen molar-refractivity contribution < 1.29 is 9.90 Å². The van der Waals surface area contributed by atoms with Crippen LogP contribution in [0.25, 0.3) is 0 Å². The van der Waals surface area contributed by atoms with E-state index in [9.17, 15) is 4.79 Å². The fourth-order valence-corrected chi connectivity index (χ4v) is 1.91. The first kappa shape index (κ1) is 12.7. The molecule has 0 atom stereocenters. The molecule has 18 heavy (non-hydrogen) atoms. The number of aromatic carboxylic acids is 1. The number of anilines is 2. The van der Waals surface area contributed by atoms with E-state index >= 15 is 0 Å². The number of hydrogen-bond acceptors (Lipinski definition) is 4. The van der Waals surface area contributed by atoms with Gasteiger partial charge in [-0.15, -0.1) is 0 Å². The molecule has 0 aliphatic heterocycles. The van der Waals surface area contributed by atoms with Gasteiger partial charge in [-0.2, -0.15) is 0 Å². The molecular formula is C12H10IN3O2. The average Bonchev–Trinajstić information content (AvgIpc) is 2.35. The Kier molecular flexibility index (Phi) is 3.75. The van der Waals surface area contributed by atoms with Gasteiger partial charge in [0.25, 0.3) is 0 Å². The molecule has 0 fully saturated rings. The van der Waals surface area contributed by atoms with E-state index < -0.39 is 5.97 Å². The number of carboxylic acid groups (broad SMARTS) is 1. The lowest BCUT2D eigenvalue weighted by Gasteiger charge is -2.09. The quantitative estimate of drug-likeness (QED) is 0.829. The van der Waals surface area contributed by atoms with Crippen molar-refractivity contribution in [1.82, 2.24) is 9.97 Å². The second-order valence-corrected chi connectivity index (χ2v) is 4.79. The van der Waals surface area contributed by atoms with Gasteiger partial charge in [-0.25, -0.2) is 9.78 Å². The third-order valence-electron chi connectivity index (χ3n) is 2.38. The fraction of sp³-hybridized carbons (Fsp3) is 0.0833. The maximum atomic E-state index is 10.8. The van der Waals surface area contributed by atoms with Crippen LogP contribution in [0.3, 0.4) is 0 Å². The first-order valence-corrected chi connectivity index (χ1v) is 6.23. The number of nitrogens with one attached hydrogen (secondary N) is 1. The van der Waals surface area contributed by atoms with Crippen molar-refractivity contribution in [3.05, 3.63) is 45.4 Å². The molecule has 5 nitrogen and oxygen atoms in total. The summed E-state index contributed by atoms with van der Waals surface area (Å²) in [5.41, 5.74) is 1.89. The number of carbonyl (C=O) groups is 1. The molecule has 0 aliphatic rings. The van der Waals surface area contributed by atoms with Crippen LogP contribution in [0.2, 0.25) is 0 Å². The summed E-state index contributed by atoms with van der Waals surface area (Å²) >= 11 is 2.24. The minimum Gasteiger partial charge on any atom is -0.476 e. The Balaban J connectivity index is 2.31. The molecule has 0 saturated carbocycles. The Bertz CT molecular complexity index is 602. The molecule has 1 aromatic heterocycles. The molecule has 0 amide bonds. The lowest BCUT2D eigenvalue weighted by atomic mass is 10.2. The van der Waals surface area contributed by atoms with E-state index in [0.29, 0.717) is 5.82 Å². The minimum atomic E-state index is -1.09. The van der Waals surface area contributed by atoms with Crippen LogP contribution in [-0.4, -0.2) is 21.0 Å². The molecule has 1 heterocycles. The van der Waals surface area contributed by atoms with Crippen molar-refractivity contribution in [2.75, 3.05) is 5.32 Å². The van der Waals surface area contributed by atoms with E-state index in [-0.39, 0.29) is 5.69 Å². The molecule has 0 aliphatic carbocycles. The zero-order valence-corrected chi connectivity index (χ0v) is 11.7. The largest absolute Gasteiger partial charge is 0.476 e. The highest BCUT2D eigenvalue weighted by Crippen LogP contribution is 2.23. The predicted octanol–water partition coefficient (Wildman–Crippen LogP) is 2.83. The van der Waals surface area contributed by atoms with Gasteiger partial charge < -0.3 is 10.4 Å². The highest BCUT2D eigenvalue weighted by atomic mass is 127. The molecule has 92 valence electrons. The Labute approximate surface area is 117 Å². The summed E-state index contributed by atoms with van der Waals surface area (Å²) in [7, 11) is 0. The number of halogens is 1.